The molecule has 0 aromatic heterocycles. The molecule has 7 nitrogen and oxygen atoms in total. The van der Waals surface area contributed by atoms with Crippen LogP contribution < -0.4 is 9.62 Å². The minimum absolute atomic E-state index is 0.0994. The largest absolute Gasteiger partial charge is 0.352 e. The fourth-order valence-corrected chi connectivity index (χ4v) is 4.67. The maximum Gasteiger partial charge on any atom is 0.244 e. The van der Waals surface area contributed by atoms with E-state index in [2.05, 4.69) is 5.32 Å². The van der Waals surface area contributed by atoms with Crippen molar-refractivity contribution in [2.75, 3.05) is 17.1 Å². The highest BCUT2D eigenvalue weighted by Crippen LogP contribution is 2.27. The van der Waals surface area contributed by atoms with Gasteiger partial charge in [-0.25, -0.2) is 8.42 Å². The monoisotopic (exact) mass is 493 g/mol. The van der Waals surface area contributed by atoms with Gasteiger partial charge in [0.15, 0.2) is 0 Å². The van der Waals surface area contributed by atoms with Crippen molar-refractivity contribution in [3.05, 3.63) is 64.7 Å². The molecule has 0 unspecified atom stereocenters. The van der Waals surface area contributed by atoms with Crippen LogP contribution in [0.4, 0.5) is 5.69 Å². The van der Waals surface area contributed by atoms with Crippen LogP contribution in [0.3, 0.4) is 0 Å². The number of rotatable bonds is 10. The van der Waals surface area contributed by atoms with Gasteiger partial charge in [0.2, 0.25) is 21.8 Å². The Bertz CT molecular complexity index is 1090. The number of sulfonamides is 1. The molecule has 180 valence electrons. The number of benzene rings is 2. The van der Waals surface area contributed by atoms with Gasteiger partial charge < -0.3 is 10.2 Å². The summed E-state index contributed by atoms with van der Waals surface area (Å²) in [4.78, 5) is 28.0. The van der Waals surface area contributed by atoms with Gasteiger partial charge in [-0.05, 0) is 50.5 Å². The third kappa shape index (κ3) is 7.20. The molecule has 0 bridgehead atoms. The number of carbonyl (C=O) groups excluding carboxylic acids is 2. The Kier molecular flexibility index (Phi) is 9.31. The number of nitrogens with zero attached hydrogens (tertiary/aromatic N) is 2. The predicted octanol–water partition coefficient (Wildman–Crippen LogP) is 3.75. The molecule has 0 saturated heterocycles. The maximum atomic E-state index is 13.6. The lowest BCUT2D eigenvalue weighted by Gasteiger charge is -2.33. The molecule has 0 heterocycles. The molecule has 0 aliphatic heterocycles. The summed E-state index contributed by atoms with van der Waals surface area (Å²) in [5.41, 5.74) is 2.07. The Balaban J connectivity index is 2.47. The van der Waals surface area contributed by atoms with Crippen LogP contribution in [0.2, 0.25) is 5.02 Å². The van der Waals surface area contributed by atoms with Gasteiger partial charge in [-0.1, -0.05) is 54.9 Å². The van der Waals surface area contributed by atoms with Crippen molar-refractivity contribution in [1.29, 1.82) is 0 Å². The van der Waals surface area contributed by atoms with Crippen LogP contribution in [0.1, 0.15) is 38.3 Å². The molecule has 0 aliphatic rings. The molecule has 2 rings (SSSR count). The van der Waals surface area contributed by atoms with Gasteiger partial charge in [0.05, 0.1) is 17.0 Å². The number of nitrogens with one attached hydrogen (secondary N) is 1. The summed E-state index contributed by atoms with van der Waals surface area (Å²) in [5, 5.41) is 3.08. The van der Waals surface area contributed by atoms with Crippen molar-refractivity contribution in [2.45, 2.75) is 52.7 Å². The third-order valence-electron chi connectivity index (χ3n) is 5.22. The van der Waals surface area contributed by atoms with E-state index in [1.165, 1.54) is 4.90 Å². The van der Waals surface area contributed by atoms with Gasteiger partial charge in [-0.15, -0.1) is 0 Å². The second kappa shape index (κ2) is 11.5. The average molecular weight is 494 g/mol. The van der Waals surface area contributed by atoms with Gasteiger partial charge >= 0.3 is 0 Å². The van der Waals surface area contributed by atoms with Crippen molar-refractivity contribution < 1.29 is 18.0 Å². The van der Waals surface area contributed by atoms with Gasteiger partial charge in [-0.2, -0.15) is 0 Å². The van der Waals surface area contributed by atoms with Crippen LogP contribution >= 0.6 is 11.6 Å². The molecule has 0 spiro atoms. The summed E-state index contributed by atoms with van der Waals surface area (Å²) in [6, 6.07) is 13.2. The standard InChI is InChI=1S/C24H32ClN3O4S/c1-6-21(24(30)26-17(2)3)27(15-19-12-8-7-11-18(19)4)23(29)16-28(33(5,31)32)22-14-10-9-13-20(22)25/h7-14,17,21H,6,15-16H2,1-5H3,(H,26,30)/t21-/m1/s1. The number of halogens is 1. The summed E-state index contributed by atoms with van der Waals surface area (Å²) < 4.78 is 26.2. The van der Waals surface area contributed by atoms with Crippen LogP contribution in [0, 0.1) is 6.92 Å². The summed E-state index contributed by atoms with van der Waals surface area (Å²) >= 11 is 6.24. The molecular weight excluding hydrogens is 462 g/mol. The zero-order chi connectivity index (χ0) is 24.8. The average Bonchev–Trinajstić information content (AvgIpc) is 2.72. The van der Waals surface area contributed by atoms with Crippen LogP contribution in [0.5, 0.6) is 0 Å². The Morgan fingerprint density at radius 3 is 2.21 bits per heavy atom. The molecule has 1 atom stereocenters. The quantitative estimate of drug-likeness (QED) is 0.546. The van der Waals surface area contributed by atoms with E-state index < -0.39 is 28.5 Å². The van der Waals surface area contributed by atoms with Crippen LogP contribution in [-0.2, 0) is 26.2 Å². The zero-order valence-electron chi connectivity index (χ0n) is 19.7. The van der Waals surface area contributed by atoms with Crippen molar-refractivity contribution >= 4 is 39.1 Å². The second-order valence-corrected chi connectivity index (χ2v) is 10.6. The fraction of sp³-hybridized carbons (Fsp3) is 0.417. The minimum atomic E-state index is -3.82. The van der Waals surface area contributed by atoms with E-state index in [1.807, 2.05) is 52.0 Å². The first kappa shape index (κ1) is 26.7. The van der Waals surface area contributed by atoms with Crippen molar-refractivity contribution in [3.63, 3.8) is 0 Å². The van der Waals surface area contributed by atoms with Crippen molar-refractivity contribution in [2.24, 2.45) is 0 Å². The van der Waals surface area contributed by atoms with Crippen molar-refractivity contribution in [1.82, 2.24) is 10.2 Å². The molecule has 1 N–H and O–H groups in total. The molecule has 33 heavy (non-hydrogen) atoms. The maximum absolute atomic E-state index is 13.6. The fourth-order valence-electron chi connectivity index (χ4n) is 3.52. The number of para-hydroxylation sites is 1. The van der Waals surface area contributed by atoms with Gasteiger partial charge in [-0.3, -0.25) is 13.9 Å². The Labute approximate surface area is 201 Å². The van der Waals surface area contributed by atoms with Crippen LogP contribution in [0.15, 0.2) is 48.5 Å². The van der Waals surface area contributed by atoms with Gasteiger partial charge in [0.25, 0.3) is 0 Å². The number of carbonyl (C=O) groups is 2. The summed E-state index contributed by atoms with van der Waals surface area (Å²) in [5.74, 6) is -0.771. The van der Waals surface area contributed by atoms with E-state index in [1.54, 1.807) is 24.3 Å². The lowest BCUT2D eigenvalue weighted by Crippen LogP contribution is -2.53. The SMILES string of the molecule is CC[C@H](C(=O)NC(C)C)N(Cc1ccccc1C)C(=O)CN(c1ccccc1Cl)S(C)(=O)=O. The van der Waals surface area contributed by atoms with E-state index >= 15 is 0 Å². The second-order valence-electron chi connectivity index (χ2n) is 8.26. The first-order valence-corrected chi connectivity index (χ1v) is 13.0. The van der Waals surface area contributed by atoms with Crippen molar-refractivity contribution in [3.8, 4) is 0 Å². The lowest BCUT2D eigenvalue weighted by molar-refractivity contribution is -0.140. The highest BCUT2D eigenvalue weighted by Gasteiger charge is 2.32. The third-order valence-corrected chi connectivity index (χ3v) is 6.67. The summed E-state index contributed by atoms with van der Waals surface area (Å²) in [6.45, 7) is 7.15. The summed E-state index contributed by atoms with van der Waals surface area (Å²) in [6.07, 6.45) is 1.40. The number of hydrogen-bond acceptors (Lipinski definition) is 4. The van der Waals surface area contributed by atoms with E-state index in [0.29, 0.717) is 6.42 Å². The molecule has 0 fully saturated rings. The lowest BCUT2D eigenvalue weighted by atomic mass is 10.1. The number of hydrogen-bond donors (Lipinski definition) is 1. The smallest absolute Gasteiger partial charge is 0.244 e. The zero-order valence-corrected chi connectivity index (χ0v) is 21.3. The number of aryl methyl sites for hydroxylation is 1. The molecule has 2 amide bonds. The predicted molar refractivity (Wildman–Crippen MR) is 133 cm³/mol. The molecule has 2 aromatic rings. The molecular formula is C24H32ClN3O4S. The van der Waals surface area contributed by atoms with Crippen LogP contribution in [0.25, 0.3) is 0 Å². The highest BCUT2D eigenvalue weighted by molar-refractivity contribution is 7.92. The minimum Gasteiger partial charge on any atom is -0.352 e. The normalized spacial score (nSPS) is 12.3. The Morgan fingerprint density at radius 1 is 1.06 bits per heavy atom. The number of anilines is 1. The topological polar surface area (TPSA) is 86.8 Å². The van der Waals surface area contributed by atoms with E-state index in [4.69, 9.17) is 11.6 Å². The van der Waals surface area contributed by atoms with E-state index in [0.717, 1.165) is 21.7 Å². The van der Waals surface area contributed by atoms with Gasteiger partial charge in [0.1, 0.15) is 12.6 Å². The Hall–Kier alpha value is -2.58. The highest BCUT2D eigenvalue weighted by atomic mass is 35.5. The molecule has 0 radical (unpaired) electrons. The molecule has 2 aromatic carbocycles. The van der Waals surface area contributed by atoms with E-state index in [9.17, 15) is 18.0 Å². The van der Waals surface area contributed by atoms with E-state index in [-0.39, 0.29) is 29.2 Å². The molecule has 0 aliphatic carbocycles. The van der Waals surface area contributed by atoms with Gasteiger partial charge in [0, 0.05) is 12.6 Å². The summed E-state index contributed by atoms with van der Waals surface area (Å²) in [7, 11) is -3.82. The Morgan fingerprint density at radius 2 is 1.67 bits per heavy atom. The first-order valence-electron chi connectivity index (χ1n) is 10.8. The molecule has 0 saturated carbocycles. The van der Waals surface area contributed by atoms with Crippen LogP contribution in [-0.4, -0.2) is 50.0 Å². The molecule has 9 heteroatoms. The number of amides is 2. The first-order chi connectivity index (χ1) is 15.5.